The van der Waals surface area contributed by atoms with Gasteiger partial charge in [-0.3, -0.25) is 0 Å². The molecule has 0 aliphatic carbocycles. The first-order valence-corrected chi connectivity index (χ1v) is 18.9. The third kappa shape index (κ3) is 5.31. The molecule has 0 amide bonds. The maximum absolute atomic E-state index is 15.6. The zero-order valence-corrected chi connectivity index (χ0v) is 28.7. The van der Waals surface area contributed by atoms with Crippen molar-refractivity contribution in [2.24, 2.45) is 0 Å². The number of hydrogen-bond acceptors (Lipinski definition) is 3. The van der Waals surface area contributed by atoms with Crippen molar-refractivity contribution in [2.75, 3.05) is 4.90 Å². The Hall–Kier alpha value is -6.28. The molecule has 0 aliphatic rings. The van der Waals surface area contributed by atoms with Crippen LogP contribution in [0, 0.1) is 0 Å². The summed E-state index contributed by atoms with van der Waals surface area (Å²) in [6.07, 6.45) is 0. The Balaban J connectivity index is 1.25. The minimum Gasteiger partial charge on any atom is -0.311 e. The quantitative estimate of drug-likeness (QED) is 0.125. The van der Waals surface area contributed by atoms with Crippen molar-refractivity contribution in [2.45, 2.75) is 0 Å². The summed E-state index contributed by atoms with van der Waals surface area (Å²) in [4.78, 5) is 7.54. The molecule has 3 nitrogen and oxygen atoms in total. The highest BCUT2D eigenvalue weighted by atomic mass is 31.2. The highest BCUT2D eigenvalue weighted by Gasteiger charge is 2.31. The lowest BCUT2D eigenvalue weighted by molar-refractivity contribution is 0.592. The van der Waals surface area contributed by atoms with E-state index < -0.39 is 7.14 Å². The summed E-state index contributed by atoms with van der Waals surface area (Å²) < 4.78 is 15.6. The first-order valence-electron chi connectivity index (χ1n) is 17.2. The topological polar surface area (TPSA) is 33.2 Å². The van der Waals surface area contributed by atoms with Crippen LogP contribution in [0.15, 0.2) is 200 Å². The number of anilines is 3. The smallest absolute Gasteiger partial charge is 0.171 e. The van der Waals surface area contributed by atoms with Gasteiger partial charge in [-0.25, -0.2) is 4.98 Å². The number of para-hydroxylation sites is 3. The summed E-state index contributed by atoms with van der Waals surface area (Å²) in [5, 5.41) is 7.78. The van der Waals surface area contributed by atoms with Gasteiger partial charge in [0.1, 0.15) is 0 Å². The molecule has 4 heteroatoms. The lowest BCUT2D eigenvalue weighted by atomic mass is 9.95. The van der Waals surface area contributed by atoms with Gasteiger partial charge < -0.3 is 9.46 Å². The number of aromatic nitrogens is 1. The van der Waals surface area contributed by atoms with Crippen molar-refractivity contribution in [3.8, 4) is 11.3 Å². The number of rotatable bonds is 7. The lowest BCUT2D eigenvalue weighted by Gasteiger charge is -2.25. The van der Waals surface area contributed by atoms with E-state index in [1.54, 1.807) is 0 Å². The molecule has 0 bridgehead atoms. The van der Waals surface area contributed by atoms with Gasteiger partial charge in [0.2, 0.25) is 0 Å². The van der Waals surface area contributed by atoms with Crippen molar-refractivity contribution < 1.29 is 4.57 Å². The molecule has 0 fully saturated rings. The second kappa shape index (κ2) is 12.9. The Morgan fingerprint density at radius 2 is 0.882 bits per heavy atom. The van der Waals surface area contributed by atoms with E-state index in [1.807, 2.05) is 84.9 Å². The van der Waals surface area contributed by atoms with E-state index in [0.29, 0.717) is 0 Å². The molecule has 1 aromatic heterocycles. The largest absolute Gasteiger partial charge is 0.311 e. The molecule has 0 spiro atoms. The molecular weight excluding hydrogens is 640 g/mol. The van der Waals surface area contributed by atoms with Crippen LogP contribution in [0.25, 0.3) is 43.7 Å². The minimum absolute atomic E-state index is 0.823. The molecule has 0 saturated carbocycles. The van der Waals surface area contributed by atoms with E-state index in [9.17, 15) is 0 Å². The predicted molar refractivity (Wildman–Crippen MR) is 216 cm³/mol. The van der Waals surface area contributed by atoms with Crippen molar-refractivity contribution in [3.63, 3.8) is 0 Å². The van der Waals surface area contributed by atoms with Crippen LogP contribution in [0.2, 0.25) is 0 Å². The molecule has 0 N–H and O–H groups in total. The van der Waals surface area contributed by atoms with Gasteiger partial charge in [-0.05, 0) is 53.2 Å². The number of pyridine rings is 1. The Labute approximate surface area is 297 Å². The van der Waals surface area contributed by atoms with E-state index in [-0.39, 0.29) is 0 Å². The van der Waals surface area contributed by atoms with Gasteiger partial charge in [0.05, 0.1) is 11.2 Å². The van der Waals surface area contributed by atoms with Crippen molar-refractivity contribution >= 4 is 72.6 Å². The van der Waals surface area contributed by atoms with Crippen molar-refractivity contribution in [1.82, 2.24) is 4.98 Å². The molecule has 242 valence electrons. The molecule has 0 radical (unpaired) electrons. The molecule has 9 aromatic rings. The van der Waals surface area contributed by atoms with Gasteiger partial charge in [0, 0.05) is 54.7 Å². The highest BCUT2D eigenvalue weighted by Crippen LogP contribution is 2.46. The fourth-order valence-corrected chi connectivity index (χ4v) is 10.2. The average Bonchev–Trinajstić information content (AvgIpc) is 3.21. The molecule has 0 saturated heterocycles. The fourth-order valence-electron chi connectivity index (χ4n) is 7.36. The number of hydrogen-bond donors (Lipinski definition) is 0. The Bertz CT molecular complexity index is 2610. The summed E-state index contributed by atoms with van der Waals surface area (Å²) in [6, 6.07) is 68.3. The monoisotopic (exact) mass is 672 g/mol. The van der Waals surface area contributed by atoms with E-state index >= 15 is 4.57 Å². The summed E-state index contributed by atoms with van der Waals surface area (Å²) in [7, 11) is -3.22. The van der Waals surface area contributed by atoms with Gasteiger partial charge in [-0.15, -0.1) is 0 Å². The molecule has 0 unspecified atom stereocenters. The summed E-state index contributed by atoms with van der Waals surface area (Å²) in [5.41, 5.74) is 6.13. The SMILES string of the molecule is O=P(c1ccccc1)(c1ccccc1)c1cccc2c1ccc1c(-c3ccc(N(c4ccccc4)c4ccccc4)cc3)nc3ccccc3c12. The van der Waals surface area contributed by atoms with Crippen molar-refractivity contribution in [1.29, 1.82) is 0 Å². The molecule has 1 heterocycles. The number of fused-ring (bicyclic) bond motifs is 5. The third-order valence-electron chi connectivity index (χ3n) is 9.71. The summed E-state index contributed by atoms with van der Waals surface area (Å²) in [5.74, 6) is 0. The molecule has 9 rings (SSSR count). The van der Waals surface area contributed by atoms with Crippen LogP contribution >= 0.6 is 7.14 Å². The van der Waals surface area contributed by atoms with Gasteiger partial charge in [-0.2, -0.15) is 0 Å². The van der Waals surface area contributed by atoms with Crippen LogP contribution in [-0.4, -0.2) is 4.98 Å². The van der Waals surface area contributed by atoms with E-state index in [4.69, 9.17) is 4.98 Å². The molecular formula is C47H33N2OP. The minimum atomic E-state index is -3.22. The molecule has 0 aliphatic heterocycles. The summed E-state index contributed by atoms with van der Waals surface area (Å²) >= 11 is 0. The number of benzene rings is 8. The Kier molecular flexibility index (Phi) is 7.76. The normalized spacial score (nSPS) is 11.6. The van der Waals surface area contributed by atoms with Crippen LogP contribution in [0.4, 0.5) is 17.1 Å². The van der Waals surface area contributed by atoms with E-state index in [0.717, 1.165) is 76.7 Å². The zero-order valence-electron chi connectivity index (χ0n) is 27.8. The van der Waals surface area contributed by atoms with Crippen LogP contribution in [0.5, 0.6) is 0 Å². The molecule has 0 atom stereocenters. The Morgan fingerprint density at radius 3 is 1.49 bits per heavy atom. The van der Waals surface area contributed by atoms with Gasteiger partial charge in [-0.1, -0.05) is 158 Å². The predicted octanol–water partition coefficient (Wildman–Crippen LogP) is 11.3. The maximum Gasteiger partial charge on any atom is 0.171 e. The highest BCUT2D eigenvalue weighted by molar-refractivity contribution is 7.85. The summed E-state index contributed by atoms with van der Waals surface area (Å²) in [6.45, 7) is 0. The molecule has 51 heavy (non-hydrogen) atoms. The van der Waals surface area contributed by atoms with Crippen LogP contribution in [-0.2, 0) is 4.57 Å². The van der Waals surface area contributed by atoms with E-state index in [2.05, 4.69) is 120 Å². The Morgan fingerprint density at radius 1 is 0.392 bits per heavy atom. The first kappa shape index (κ1) is 30.8. The second-order valence-electron chi connectivity index (χ2n) is 12.7. The van der Waals surface area contributed by atoms with Gasteiger partial charge >= 0.3 is 0 Å². The standard InChI is InChI=1S/C47H33N2OP/c50-51(38-20-9-3-10-21-38,39-22-11-4-12-23-39)45-27-15-25-41-40(45)32-33-43-46(41)42-24-13-14-26-44(42)48-47(43)34-28-30-37(31-29-34)49(35-16-5-1-6-17-35)36-18-7-2-8-19-36/h1-33H. The van der Waals surface area contributed by atoms with Gasteiger partial charge in [0.25, 0.3) is 0 Å². The third-order valence-corrected chi connectivity index (χ3v) is 12.8. The first-order chi connectivity index (χ1) is 25.2. The maximum atomic E-state index is 15.6. The van der Waals surface area contributed by atoms with Crippen LogP contribution in [0.1, 0.15) is 0 Å². The van der Waals surface area contributed by atoms with Crippen molar-refractivity contribution in [3.05, 3.63) is 200 Å². The second-order valence-corrected chi connectivity index (χ2v) is 15.4. The fraction of sp³-hybridized carbons (Fsp3) is 0. The van der Waals surface area contributed by atoms with Crippen LogP contribution < -0.4 is 20.8 Å². The van der Waals surface area contributed by atoms with Gasteiger partial charge in [0.15, 0.2) is 7.14 Å². The molecule has 8 aromatic carbocycles. The lowest BCUT2D eigenvalue weighted by Crippen LogP contribution is -2.25. The van der Waals surface area contributed by atoms with E-state index in [1.165, 1.54) is 0 Å². The zero-order chi connectivity index (χ0) is 34.2. The average molecular weight is 673 g/mol. The van der Waals surface area contributed by atoms with Crippen LogP contribution in [0.3, 0.4) is 0 Å². The number of nitrogens with zero attached hydrogens (tertiary/aromatic N) is 2.